The summed E-state index contributed by atoms with van der Waals surface area (Å²) in [4.78, 5) is 26.0. The van der Waals surface area contributed by atoms with Crippen LogP contribution in [0.2, 0.25) is 10.4 Å². The van der Waals surface area contributed by atoms with E-state index in [1.54, 1.807) is 4.90 Å². The summed E-state index contributed by atoms with van der Waals surface area (Å²) in [5.41, 5.74) is 2.00. The third-order valence-corrected chi connectivity index (χ3v) is 6.51. The van der Waals surface area contributed by atoms with Crippen LogP contribution in [-0.4, -0.2) is 42.2 Å². The van der Waals surface area contributed by atoms with Crippen molar-refractivity contribution in [1.29, 1.82) is 0 Å². The molecule has 2 fully saturated rings. The lowest BCUT2D eigenvalue weighted by Crippen LogP contribution is -2.37. The second-order valence-corrected chi connectivity index (χ2v) is 8.22. The molecule has 8 heteroatoms. The third-order valence-electron chi connectivity index (χ3n) is 6.06. The number of carbonyl (C=O) groups is 1. The summed E-state index contributed by atoms with van der Waals surface area (Å²) >= 11 is 12.5. The van der Waals surface area contributed by atoms with Crippen LogP contribution < -0.4 is 9.80 Å². The fraction of sp³-hybridized carbons (Fsp3) is 0.450. The molecule has 0 unspecified atom stereocenters. The molecule has 1 amide bonds. The van der Waals surface area contributed by atoms with Crippen molar-refractivity contribution in [2.45, 2.75) is 31.1 Å². The molecule has 6 nitrogen and oxygen atoms in total. The summed E-state index contributed by atoms with van der Waals surface area (Å²) in [6.07, 6.45) is 3.53. The molecule has 3 aliphatic rings. The number of benzene rings is 1. The van der Waals surface area contributed by atoms with Crippen LogP contribution in [0.4, 0.5) is 17.2 Å². The zero-order valence-electron chi connectivity index (χ0n) is 15.3. The number of carbonyl (C=O) groups excluding carboxylic acids is 1. The number of fused-ring (bicyclic) bond motifs is 2. The normalized spacial score (nSPS) is 20.9. The van der Waals surface area contributed by atoms with Gasteiger partial charge in [-0.2, -0.15) is 4.98 Å². The monoisotopic (exact) mass is 418 g/mol. The number of halogens is 2. The summed E-state index contributed by atoms with van der Waals surface area (Å²) in [7, 11) is 0. The minimum absolute atomic E-state index is 0.0255. The van der Waals surface area contributed by atoms with Crippen LogP contribution in [0.3, 0.4) is 0 Å². The van der Waals surface area contributed by atoms with Crippen LogP contribution in [0.5, 0.6) is 0 Å². The molecule has 5 rings (SSSR count). The first-order chi connectivity index (χ1) is 13.6. The Labute approximate surface area is 173 Å². The number of aromatic nitrogens is 2. The quantitative estimate of drug-likeness (QED) is 0.542. The first-order valence-electron chi connectivity index (χ1n) is 9.61. The van der Waals surface area contributed by atoms with Gasteiger partial charge in [0.05, 0.1) is 24.3 Å². The minimum Gasteiger partial charge on any atom is -0.378 e. The van der Waals surface area contributed by atoms with Crippen molar-refractivity contribution in [2.75, 3.05) is 36.1 Å². The summed E-state index contributed by atoms with van der Waals surface area (Å²) in [6, 6.07) is 8.00. The molecule has 0 radical (unpaired) electrons. The standard InChI is InChI=1S/C20H20Cl2N4O2/c21-16-15-17(24-19(22)23-16)26(18(27)20(15)7-1-2-8-20)14-5-3-13(4-6-14)25-9-11-28-12-10-25/h3-6H,1-2,7-12H2. The first kappa shape index (κ1) is 18.2. The van der Waals surface area contributed by atoms with Crippen molar-refractivity contribution < 1.29 is 9.53 Å². The highest BCUT2D eigenvalue weighted by Crippen LogP contribution is 2.54. The number of rotatable bonds is 2. The molecule has 0 N–H and O–H groups in total. The third kappa shape index (κ3) is 2.70. The van der Waals surface area contributed by atoms with Crippen molar-refractivity contribution in [3.8, 4) is 0 Å². The van der Waals surface area contributed by atoms with Gasteiger partial charge < -0.3 is 9.64 Å². The van der Waals surface area contributed by atoms with Crippen molar-refractivity contribution in [2.24, 2.45) is 0 Å². The molecule has 1 saturated heterocycles. The van der Waals surface area contributed by atoms with E-state index in [1.165, 1.54) is 0 Å². The summed E-state index contributed by atoms with van der Waals surface area (Å²) < 4.78 is 5.42. The van der Waals surface area contributed by atoms with Gasteiger partial charge in [0.2, 0.25) is 11.2 Å². The van der Waals surface area contributed by atoms with E-state index in [1.807, 2.05) is 24.3 Å². The second-order valence-electron chi connectivity index (χ2n) is 7.53. The Kier molecular flexibility index (Phi) is 4.45. The average molecular weight is 419 g/mol. The largest absolute Gasteiger partial charge is 0.378 e. The molecular formula is C20H20Cl2N4O2. The molecule has 1 aromatic heterocycles. The fourth-order valence-corrected chi connectivity index (χ4v) is 5.26. The van der Waals surface area contributed by atoms with Crippen molar-refractivity contribution in [1.82, 2.24) is 9.97 Å². The van der Waals surface area contributed by atoms with Gasteiger partial charge in [-0.05, 0) is 48.7 Å². The number of hydrogen-bond donors (Lipinski definition) is 0. The zero-order valence-corrected chi connectivity index (χ0v) is 16.8. The predicted octanol–water partition coefficient (Wildman–Crippen LogP) is 4.11. The molecule has 2 aliphatic heterocycles. The zero-order chi connectivity index (χ0) is 19.3. The Morgan fingerprint density at radius 2 is 1.61 bits per heavy atom. The van der Waals surface area contributed by atoms with Gasteiger partial charge in [0, 0.05) is 24.3 Å². The average Bonchev–Trinajstić information content (AvgIpc) is 3.28. The van der Waals surface area contributed by atoms with E-state index in [9.17, 15) is 4.79 Å². The van der Waals surface area contributed by atoms with Crippen LogP contribution in [0.1, 0.15) is 31.2 Å². The van der Waals surface area contributed by atoms with Crippen LogP contribution in [0.25, 0.3) is 0 Å². The highest BCUT2D eigenvalue weighted by Gasteiger charge is 2.55. The van der Waals surface area contributed by atoms with E-state index in [0.29, 0.717) is 5.82 Å². The Bertz CT molecular complexity index is 923. The Morgan fingerprint density at radius 3 is 2.29 bits per heavy atom. The van der Waals surface area contributed by atoms with Gasteiger partial charge in [0.15, 0.2) is 5.82 Å². The van der Waals surface area contributed by atoms with E-state index >= 15 is 0 Å². The smallest absolute Gasteiger partial charge is 0.243 e. The Hall–Kier alpha value is -1.89. The summed E-state index contributed by atoms with van der Waals surface area (Å²) in [5, 5.41) is 0.347. The Balaban J connectivity index is 1.56. The van der Waals surface area contributed by atoms with E-state index in [4.69, 9.17) is 27.9 Å². The molecule has 2 aromatic rings. The lowest BCUT2D eigenvalue weighted by atomic mass is 9.81. The molecule has 28 heavy (non-hydrogen) atoms. The second kappa shape index (κ2) is 6.87. The molecule has 1 saturated carbocycles. The SMILES string of the molecule is O=C1N(c2ccc(N3CCOCC3)cc2)c2nc(Cl)nc(Cl)c2C12CCCC2. The van der Waals surface area contributed by atoms with Gasteiger partial charge in [0.25, 0.3) is 0 Å². The number of ether oxygens (including phenoxy) is 1. The van der Waals surface area contributed by atoms with Crippen LogP contribution in [-0.2, 0) is 14.9 Å². The van der Waals surface area contributed by atoms with E-state index in [2.05, 4.69) is 14.9 Å². The van der Waals surface area contributed by atoms with E-state index < -0.39 is 5.41 Å². The maximum atomic E-state index is 13.6. The number of anilines is 3. The minimum atomic E-state index is -0.625. The van der Waals surface area contributed by atoms with Crippen LogP contribution in [0.15, 0.2) is 24.3 Å². The lowest BCUT2D eigenvalue weighted by molar-refractivity contribution is -0.122. The van der Waals surface area contributed by atoms with Crippen molar-refractivity contribution in [3.63, 3.8) is 0 Å². The van der Waals surface area contributed by atoms with Gasteiger partial charge >= 0.3 is 0 Å². The summed E-state index contributed by atoms with van der Waals surface area (Å²) in [6.45, 7) is 3.20. The molecule has 3 heterocycles. The van der Waals surface area contributed by atoms with Crippen LogP contribution >= 0.6 is 23.2 Å². The molecule has 1 aromatic carbocycles. The number of morpholine rings is 1. The maximum Gasteiger partial charge on any atom is 0.243 e. The molecule has 0 atom stereocenters. The van der Waals surface area contributed by atoms with Gasteiger partial charge in [-0.3, -0.25) is 9.69 Å². The predicted molar refractivity (Wildman–Crippen MR) is 109 cm³/mol. The van der Waals surface area contributed by atoms with Crippen molar-refractivity contribution >= 4 is 46.3 Å². The highest BCUT2D eigenvalue weighted by molar-refractivity contribution is 6.34. The molecule has 0 bridgehead atoms. The van der Waals surface area contributed by atoms with Crippen molar-refractivity contribution in [3.05, 3.63) is 40.3 Å². The maximum absolute atomic E-state index is 13.6. The molecular weight excluding hydrogens is 399 g/mol. The van der Waals surface area contributed by atoms with Gasteiger partial charge in [-0.15, -0.1) is 0 Å². The number of nitrogens with zero attached hydrogens (tertiary/aromatic N) is 4. The van der Waals surface area contributed by atoms with Gasteiger partial charge in [-0.1, -0.05) is 24.4 Å². The van der Waals surface area contributed by atoms with Crippen LogP contribution in [0, 0.1) is 0 Å². The fourth-order valence-electron chi connectivity index (χ4n) is 4.70. The molecule has 146 valence electrons. The van der Waals surface area contributed by atoms with Gasteiger partial charge in [-0.25, -0.2) is 4.98 Å². The topological polar surface area (TPSA) is 58.6 Å². The number of hydrogen-bond acceptors (Lipinski definition) is 5. The van der Waals surface area contributed by atoms with E-state index in [0.717, 1.165) is 68.9 Å². The molecule has 1 aliphatic carbocycles. The van der Waals surface area contributed by atoms with Gasteiger partial charge in [0.1, 0.15) is 5.15 Å². The lowest BCUT2D eigenvalue weighted by Gasteiger charge is -2.29. The number of amides is 1. The summed E-state index contributed by atoms with van der Waals surface area (Å²) in [5.74, 6) is 0.550. The first-order valence-corrected chi connectivity index (χ1v) is 10.4. The van der Waals surface area contributed by atoms with E-state index in [-0.39, 0.29) is 16.3 Å². The Morgan fingerprint density at radius 1 is 0.964 bits per heavy atom. The molecule has 1 spiro atoms. The highest BCUT2D eigenvalue weighted by atomic mass is 35.5.